The van der Waals surface area contributed by atoms with Gasteiger partial charge in [-0.3, -0.25) is 0 Å². The molecule has 3 heteroatoms. The molecule has 2 aliphatic rings. The second-order valence-electron chi connectivity index (χ2n) is 6.93. The lowest BCUT2D eigenvalue weighted by Crippen LogP contribution is -2.52. The van der Waals surface area contributed by atoms with Crippen molar-refractivity contribution < 1.29 is 9.84 Å². The van der Waals surface area contributed by atoms with Gasteiger partial charge in [0.15, 0.2) is 0 Å². The molecule has 0 aromatic carbocycles. The minimum atomic E-state index is -0.00834. The second kappa shape index (κ2) is 6.55. The van der Waals surface area contributed by atoms with Crippen LogP contribution in [0.25, 0.3) is 0 Å². The van der Waals surface area contributed by atoms with E-state index in [1.165, 1.54) is 25.7 Å². The number of ether oxygens (including phenoxy) is 1. The summed E-state index contributed by atoms with van der Waals surface area (Å²) < 4.78 is 5.91. The van der Waals surface area contributed by atoms with E-state index in [0.717, 1.165) is 19.4 Å². The normalized spacial score (nSPS) is 33.0. The first-order chi connectivity index (χ1) is 9.07. The van der Waals surface area contributed by atoms with Crippen LogP contribution < -0.4 is 5.32 Å². The summed E-state index contributed by atoms with van der Waals surface area (Å²) in [5, 5.41) is 13.6. The number of aliphatic hydroxyl groups excluding tert-OH is 1. The molecule has 112 valence electrons. The molecule has 0 bridgehead atoms. The van der Waals surface area contributed by atoms with Crippen molar-refractivity contribution in [3.8, 4) is 0 Å². The Balaban J connectivity index is 1.80. The van der Waals surface area contributed by atoms with Gasteiger partial charge in [-0.1, -0.05) is 20.3 Å². The Morgan fingerprint density at radius 3 is 2.58 bits per heavy atom. The lowest BCUT2D eigenvalue weighted by atomic mass is 9.85. The highest BCUT2D eigenvalue weighted by atomic mass is 16.5. The fourth-order valence-corrected chi connectivity index (χ4v) is 3.23. The maximum absolute atomic E-state index is 9.86. The quantitative estimate of drug-likeness (QED) is 0.712. The van der Waals surface area contributed by atoms with Gasteiger partial charge in [0.25, 0.3) is 0 Å². The summed E-state index contributed by atoms with van der Waals surface area (Å²) in [6.45, 7) is 7.67. The number of hydrogen-bond donors (Lipinski definition) is 2. The standard InChI is InChI=1S/C16H31NO2/c1-12(2)13(3)19-10-8-14-5-4-9-16(14,11-18)17-15-6-7-15/h12-15,17-18H,4-11H2,1-3H3. The van der Waals surface area contributed by atoms with Crippen molar-refractivity contribution in [3.63, 3.8) is 0 Å². The summed E-state index contributed by atoms with van der Waals surface area (Å²) in [4.78, 5) is 0. The molecule has 0 aromatic rings. The van der Waals surface area contributed by atoms with Gasteiger partial charge in [0.2, 0.25) is 0 Å². The maximum atomic E-state index is 9.86. The fourth-order valence-electron chi connectivity index (χ4n) is 3.23. The van der Waals surface area contributed by atoms with Gasteiger partial charge in [0, 0.05) is 18.2 Å². The first kappa shape index (κ1) is 15.3. The molecule has 3 atom stereocenters. The zero-order valence-corrected chi connectivity index (χ0v) is 12.8. The number of aliphatic hydroxyl groups is 1. The van der Waals surface area contributed by atoms with Crippen LogP contribution in [0.4, 0.5) is 0 Å². The molecule has 0 amide bonds. The molecule has 0 spiro atoms. The van der Waals surface area contributed by atoms with Crippen LogP contribution in [-0.2, 0) is 4.74 Å². The zero-order valence-electron chi connectivity index (χ0n) is 12.8. The molecule has 0 radical (unpaired) electrons. The molecule has 2 saturated carbocycles. The van der Waals surface area contributed by atoms with Gasteiger partial charge in [-0.15, -0.1) is 0 Å². The van der Waals surface area contributed by atoms with E-state index in [-0.39, 0.29) is 12.1 Å². The minimum absolute atomic E-state index is 0.00834. The summed E-state index contributed by atoms with van der Waals surface area (Å²) in [6.07, 6.45) is 7.60. The molecule has 3 nitrogen and oxygen atoms in total. The van der Waals surface area contributed by atoms with Crippen molar-refractivity contribution in [2.24, 2.45) is 11.8 Å². The van der Waals surface area contributed by atoms with Crippen molar-refractivity contribution in [2.75, 3.05) is 13.2 Å². The van der Waals surface area contributed by atoms with Crippen LogP contribution in [-0.4, -0.2) is 36.0 Å². The van der Waals surface area contributed by atoms with Crippen LogP contribution in [0, 0.1) is 11.8 Å². The summed E-state index contributed by atoms with van der Waals surface area (Å²) >= 11 is 0. The largest absolute Gasteiger partial charge is 0.394 e. The molecule has 0 saturated heterocycles. The van der Waals surface area contributed by atoms with Gasteiger partial charge < -0.3 is 15.2 Å². The van der Waals surface area contributed by atoms with Crippen molar-refractivity contribution in [3.05, 3.63) is 0 Å². The van der Waals surface area contributed by atoms with E-state index in [1.54, 1.807) is 0 Å². The van der Waals surface area contributed by atoms with Crippen molar-refractivity contribution >= 4 is 0 Å². The molecule has 2 rings (SSSR count). The third-order valence-corrected chi connectivity index (χ3v) is 5.09. The average molecular weight is 269 g/mol. The Hall–Kier alpha value is -0.120. The molecule has 2 N–H and O–H groups in total. The SMILES string of the molecule is CC(C)C(C)OCCC1CCCC1(CO)NC1CC1. The topological polar surface area (TPSA) is 41.5 Å². The van der Waals surface area contributed by atoms with E-state index in [1.807, 2.05) is 0 Å². The molecule has 0 aromatic heterocycles. The predicted molar refractivity (Wildman–Crippen MR) is 78.2 cm³/mol. The van der Waals surface area contributed by atoms with Crippen LogP contribution in [0.5, 0.6) is 0 Å². The molecule has 2 fully saturated rings. The molecule has 0 aliphatic heterocycles. The summed E-state index contributed by atoms with van der Waals surface area (Å²) in [5.74, 6) is 1.16. The Kier molecular flexibility index (Phi) is 5.27. The predicted octanol–water partition coefficient (Wildman–Crippen LogP) is 2.72. The molecular formula is C16H31NO2. The lowest BCUT2D eigenvalue weighted by molar-refractivity contribution is 0.0170. The first-order valence-corrected chi connectivity index (χ1v) is 8.07. The van der Waals surface area contributed by atoms with Gasteiger partial charge in [0.1, 0.15) is 0 Å². The Labute approximate surface area is 118 Å². The van der Waals surface area contributed by atoms with Crippen LogP contribution in [0.1, 0.15) is 59.3 Å². The third kappa shape index (κ3) is 3.93. The minimum Gasteiger partial charge on any atom is -0.394 e. The lowest BCUT2D eigenvalue weighted by Gasteiger charge is -2.35. The highest BCUT2D eigenvalue weighted by molar-refractivity contribution is 5.02. The summed E-state index contributed by atoms with van der Waals surface area (Å²) in [5.41, 5.74) is -0.00834. The molecule has 19 heavy (non-hydrogen) atoms. The van der Waals surface area contributed by atoms with Crippen molar-refractivity contribution in [2.45, 2.75) is 77.0 Å². The van der Waals surface area contributed by atoms with Crippen LogP contribution >= 0.6 is 0 Å². The van der Waals surface area contributed by atoms with E-state index in [2.05, 4.69) is 26.1 Å². The Morgan fingerprint density at radius 1 is 1.26 bits per heavy atom. The fraction of sp³-hybridized carbons (Fsp3) is 1.00. The smallest absolute Gasteiger partial charge is 0.0616 e. The van der Waals surface area contributed by atoms with Crippen LogP contribution in [0.15, 0.2) is 0 Å². The summed E-state index contributed by atoms with van der Waals surface area (Å²) in [6, 6.07) is 0.670. The number of hydrogen-bond acceptors (Lipinski definition) is 3. The van der Waals surface area contributed by atoms with Gasteiger partial charge in [-0.25, -0.2) is 0 Å². The number of rotatable bonds is 8. The van der Waals surface area contributed by atoms with Crippen LogP contribution in [0.2, 0.25) is 0 Å². The average Bonchev–Trinajstić information content (AvgIpc) is 3.10. The van der Waals surface area contributed by atoms with Crippen molar-refractivity contribution in [1.82, 2.24) is 5.32 Å². The monoisotopic (exact) mass is 269 g/mol. The van der Waals surface area contributed by atoms with Gasteiger partial charge in [0.05, 0.1) is 12.7 Å². The van der Waals surface area contributed by atoms with Crippen LogP contribution in [0.3, 0.4) is 0 Å². The van der Waals surface area contributed by atoms with E-state index in [9.17, 15) is 5.11 Å². The maximum Gasteiger partial charge on any atom is 0.0616 e. The molecular weight excluding hydrogens is 238 g/mol. The summed E-state index contributed by atoms with van der Waals surface area (Å²) in [7, 11) is 0. The van der Waals surface area contributed by atoms with Crippen molar-refractivity contribution in [1.29, 1.82) is 0 Å². The van der Waals surface area contributed by atoms with E-state index < -0.39 is 0 Å². The van der Waals surface area contributed by atoms with E-state index >= 15 is 0 Å². The van der Waals surface area contributed by atoms with E-state index in [0.29, 0.717) is 24.0 Å². The van der Waals surface area contributed by atoms with Gasteiger partial charge in [-0.05, 0) is 50.9 Å². The van der Waals surface area contributed by atoms with Gasteiger partial charge in [-0.2, -0.15) is 0 Å². The molecule has 2 aliphatic carbocycles. The first-order valence-electron chi connectivity index (χ1n) is 8.07. The van der Waals surface area contributed by atoms with Gasteiger partial charge >= 0.3 is 0 Å². The van der Waals surface area contributed by atoms with E-state index in [4.69, 9.17) is 4.74 Å². The Bertz CT molecular complexity index is 278. The Morgan fingerprint density at radius 2 is 2.00 bits per heavy atom. The third-order valence-electron chi connectivity index (χ3n) is 5.09. The highest BCUT2D eigenvalue weighted by Crippen LogP contribution is 2.40. The second-order valence-corrected chi connectivity index (χ2v) is 6.93. The number of nitrogens with one attached hydrogen (secondary N) is 1. The highest BCUT2D eigenvalue weighted by Gasteiger charge is 2.44. The molecule has 3 unspecified atom stereocenters. The molecule has 0 heterocycles. The zero-order chi connectivity index (χ0) is 13.9.